The molecule has 2 aromatic heterocycles. The summed E-state index contributed by atoms with van der Waals surface area (Å²) in [6.07, 6.45) is 4.44. The molecule has 0 N–H and O–H groups in total. The molecule has 0 amide bonds. The van der Waals surface area contributed by atoms with Gasteiger partial charge < -0.3 is 0 Å². The molecule has 0 aliphatic rings. The minimum atomic E-state index is 0.744. The van der Waals surface area contributed by atoms with Crippen molar-refractivity contribution in [1.82, 2.24) is 9.97 Å². The zero-order valence-electron chi connectivity index (χ0n) is 5.69. The minimum absolute atomic E-state index is 0.744. The Balaban J connectivity index is 2.46. The highest BCUT2D eigenvalue weighted by molar-refractivity contribution is 7.08. The quantitative estimate of drug-likeness (QED) is 0.639. The van der Waals surface area contributed by atoms with Gasteiger partial charge in [-0.2, -0.15) is 11.3 Å². The van der Waals surface area contributed by atoms with Gasteiger partial charge in [-0.15, -0.1) is 0 Å². The van der Waals surface area contributed by atoms with Gasteiger partial charge in [-0.3, -0.25) is 0 Å². The molecule has 0 unspecified atom stereocenters. The standard InChI is InChI=1S/C8H5N2S/c1-3-9-8(10-4-1)7-2-5-11-6-7/h1-3,5-6H. The minimum Gasteiger partial charge on any atom is -0.237 e. The molecular weight excluding hydrogens is 156 g/mol. The van der Waals surface area contributed by atoms with Gasteiger partial charge in [0.2, 0.25) is 0 Å². The van der Waals surface area contributed by atoms with Gasteiger partial charge in [-0.1, -0.05) is 0 Å². The van der Waals surface area contributed by atoms with Gasteiger partial charge in [-0.05, 0) is 17.5 Å². The van der Waals surface area contributed by atoms with Crippen molar-refractivity contribution >= 4 is 11.3 Å². The second-order valence-corrected chi connectivity index (χ2v) is 2.80. The first-order chi connectivity index (χ1) is 5.47. The van der Waals surface area contributed by atoms with Crippen LogP contribution in [-0.2, 0) is 0 Å². The fourth-order valence-corrected chi connectivity index (χ4v) is 1.43. The maximum absolute atomic E-state index is 4.09. The molecule has 0 aromatic carbocycles. The van der Waals surface area contributed by atoms with E-state index < -0.39 is 0 Å². The van der Waals surface area contributed by atoms with E-state index in [0.29, 0.717) is 0 Å². The van der Waals surface area contributed by atoms with E-state index in [1.807, 2.05) is 16.8 Å². The molecule has 0 saturated heterocycles. The number of rotatable bonds is 1. The second-order valence-electron chi connectivity index (χ2n) is 2.02. The third kappa shape index (κ3) is 1.28. The van der Waals surface area contributed by atoms with Gasteiger partial charge >= 0.3 is 0 Å². The monoisotopic (exact) mass is 161 g/mol. The number of aromatic nitrogens is 2. The number of thiophene rings is 1. The lowest BCUT2D eigenvalue weighted by molar-refractivity contribution is 1.17. The van der Waals surface area contributed by atoms with Gasteiger partial charge in [0.05, 0.1) is 6.20 Å². The topological polar surface area (TPSA) is 25.8 Å². The number of hydrogen-bond donors (Lipinski definition) is 0. The average molecular weight is 161 g/mol. The zero-order valence-corrected chi connectivity index (χ0v) is 6.51. The summed E-state index contributed by atoms with van der Waals surface area (Å²) in [5.41, 5.74) is 1.06. The van der Waals surface area contributed by atoms with Crippen LogP contribution in [0.15, 0.2) is 29.1 Å². The predicted octanol–water partition coefficient (Wildman–Crippen LogP) is 2.01. The summed E-state index contributed by atoms with van der Waals surface area (Å²) in [4.78, 5) is 8.08. The van der Waals surface area contributed by atoms with E-state index in [-0.39, 0.29) is 0 Å². The van der Waals surface area contributed by atoms with Gasteiger partial charge in [0.25, 0.3) is 0 Å². The van der Waals surface area contributed by atoms with Crippen molar-refractivity contribution in [2.24, 2.45) is 0 Å². The van der Waals surface area contributed by atoms with E-state index in [4.69, 9.17) is 0 Å². The van der Waals surface area contributed by atoms with Crippen molar-refractivity contribution in [1.29, 1.82) is 0 Å². The largest absolute Gasteiger partial charge is 0.237 e. The SMILES string of the molecule is [c]1ccnc(-c2ccsc2)n1. The van der Waals surface area contributed by atoms with Crippen LogP contribution in [-0.4, -0.2) is 9.97 Å². The number of nitrogens with zero attached hydrogens (tertiary/aromatic N) is 2. The molecule has 0 bridgehead atoms. The highest BCUT2D eigenvalue weighted by Crippen LogP contribution is 2.16. The number of hydrogen-bond acceptors (Lipinski definition) is 3. The molecule has 0 aliphatic carbocycles. The van der Waals surface area contributed by atoms with E-state index >= 15 is 0 Å². The molecule has 0 spiro atoms. The van der Waals surface area contributed by atoms with Gasteiger partial charge in [0.1, 0.15) is 0 Å². The summed E-state index contributed by atoms with van der Waals surface area (Å²) in [6.45, 7) is 0. The van der Waals surface area contributed by atoms with Crippen molar-refractivity contribution in [2.75, 3.05) is 0 Å². The Kier molecular flexibility index (Phi) is 1.65. The van der Waals surface area contributed by atoms with Crippen LogP contribution in [0.25, 0.3) is 11.4 Å². The van der Waals surface area contributed by atoms with Crippen LogP contribution in [0.1, 0.15) is 0 Å². The summed E-state index contributed by atoms with van der Waals surface area (Å²) in [6, 6.07) is 3.68. The molecule has 11 heavy (non-hydrogen) atoms. The molecule has 0 fully saturated rings. The lowest BCUT2D eigenvalue weighted by atomic mass is 10.3. The summed E-state index contributed by atoms with van der Waals surface area (Å²) in [7, 11) is 0. The van der Waals surface area contributed by atoms with Crippen molar-refractivity contribution in [3.8, 4) is 11.4 Å². The highest BCUT2D eigenvalue weighted by Gasteiger charge is 1.97. The molecule has 53 valence electrons. The van der Waals surface area contributed by atoms with E-state index in [9.17, 15) is 0 Å². The normalized spacial score (nSPS) is 9.82. The maximum Gasteiger partial charge on any atom is 0.160 e. The predicted molar refractivity (Wildman–Crippen MR) is 44.2 cm³/mol. The first-order valence-corrected chi connectivity index (χ1v) is 4.13. The second kappa shape index (κ2) is 2.80. The maximum atomic E-state index is 4.09. The van der Waals surface area contributed by atoms with Crippen LogP contribution in [0.3, 0.4) is 0 Å². The summed E-state index contributed by atoms with van der Waals surface area (Å²) >= 11 is 1.64. The first kappa shape index (κ1) is 6.49. The molecule has 2 heterocycles. The van der Waals surface area contributed by atoms with Crippen molar-refractivity contribution < 1.29 is 0 Å². The smallest absolute Gasteiger partial charge is 0.160 e. The summed E-state index contributed by atoms with van der Waals surface area (Å²) in [5, 5.41) is 4.02. The van der Waals surface area contributed by atoms with E-state index in [1.54, 1.807) is 23.6 Å². The van der Waals surface area contributed by atoms with Crippen LogP contribution in [0.5, 0.6) is 0 Å². The lowest BCUT2D eigenvalue weighted by Gasteiger charge is -1.90. The van der Waals surface area contributed by atoms with Crippen LogP contribution in [0, 0.1) is 6.20 Å². The van der Waals surface area contributed by atoms with Crippen molar-refractivity contribution in [3.05, 3.63) is 35.3 Å². The summed E-state index contributed by atoms with van der Waals surface area (Å²) in [5.74, 6) is 0.744. The Hall–Kier alpha value is -1.22. The fraction of sp³-hybridized carbons (Fsp3) is 0. The van der Waals surface area contributed by atoms with E-state index in [2.05, 4.69) is 16.2 Å². The Bertz CT molecular complexity index is 315. The van der Waals surface area contributed by atoms with E-state index in [0.717, 1.165) is 11.4 Å². The van der Waals surface area contributed by atoms with Gasteiger partial charge in [0.15, 0.2) is 5.82 Å². The fourth-order valence-electron chi connectivity index (χ4n) is 0.799. The average Bonchev–Trinajstić information content (AvgIpc) is 2.58. The van der Waals surface area contributed by atoms with E-state index in [1.165, 1.54) is 0 Å². The third-order valence-corrected chi connectivity index (χ3v) is 1.98. The Morgan fingerprint density at radius 2 is 2.45 bits per heavy atom. The third-order valence-electron chi connectivity index (χ3n) is 1.30. The highest BCUT2D eigenvalue weighted by atomic mass is 32.1. The summed E-state index contributed by atoms with van der Waals surface area (Å²) < 4.78 is 0. The molecule has 2 nitrogen and oxygen atoms in total. The molecular formula is C8H5N2S. The van der Waals surface area contributed by atoms with Gasteiger partial charge in [-0.25, -0.2) is 9.97 Å². The molecule has 3 heteroatoms. The zero-order chi connectivity index (χ0) is 7.52. The first-order valence-electron chi connectivity index (χ1n) is 3.18. The van der Waals surface area contributed by atoms with Crippen LogP contribution >= 0.6 is 11.3 Å². The van der Waals surface area contributed by atoms with Crippen LogP contribution in [0.2, 0.25) is 0 Å². The lowest BCUT2D eigenvalue weighted by Crippen LogP contribution is -1.83. The molecule has 0 atom stereocenters. The molecule has 2 aromatic rings. The molecule has 0 saturated carbocycles. The van der Waals surface area contributed by atoms with Crippen molar-refractivity contribution in [2.45, 2.75) is 0 Å². The Morgan fingerprint density at radius 1 is 1.45 bits per heavy atom. The molecule has 0 aliphatic heterocycles. The molecule has 1 radical (unpaired) electrons. The van der Waals surface area contributed by atoms with Crippen LogP contribution in [0.4, 0.5) is 0 Å². The Morgan fingerprint density at radius 3 is 3.09 bits per heavy atom. The van der Waals surface area contributed by atoms with Crippen LogP contribution < -0.4 is 0 Å². The van der Waals surface area contributed by atoms with Gasteiger partial charge in [0, 0.05) is 17.1 Å². The Labute approximate surface area is 68.6 Å². The molecule has 2 rings (SSSR count). The van der Waals surface area contributed by atoms with Crippen molar-refractivity contribution in [3.63, 3.8) is 0 Å².